The highest BCUT2D eigenvalue weighted by atomic mass is 16.5. The average molecular weight is 442 g/mol. The highest BCUT2D eigenvalue weighted by Crippen LogP contribution is 2.55. The summed E-state index contributed by atoms with van der Waals surface area (Å²) in [6, 6.07) is 17.2. The van der Waals surface area contributed by atoms with Crippen LogP contribution in [0.2, 0.25) is 0 Å². The van der Waals surface area contributed by atoms with Crippen LogP contribution in [0.5, 0.6) is 11.5 Å². The fourth-order valence-corrected chi connectivity index (χ4v) is 5.95. The van der Waals surface area contributed by atoms with Crippen molar-refractivity contribution in [2.45, 2.75) is 44.2 Å². The van der Waals surface area contributed by atoms with Gasteiger partial charge in [0, 0.05) is 48.4 Å². The molecule has 0 aromatic heterocycles. The summed E-state index contributed by atoms with van der Waals surface area (Å²) in [5.74, 6) is 1.59. The minimum absolute atomic E-state index is 0.280. The van der Waals surface area contributed by atoms with Crippen molar-refractivity contribution in [1.82, 2.24) is 0 Å². The predicted octanol–water partition coefficient (Wildman–Crippen LogP) is 6.06. The quantitative estimate of drug-likeness (QED) is 0.485. The molecule has 0 bridgehead atoms. The molecule has 33 heavy (non-hydrogen) atoms. The number of ether oxygens (including phenoxy) is 2. The molecular weight excluding hydrogens is 410 g/mol. The number of hydrogen-bond acceptors (Lipinski definition) is 5. The number of methoxy groups -OCH3 is 1. The summed E-state index contributed by atoms with van der Waals surface area (Å²) in [6.07, 6.45) is 5.83. The van der Waals surface area contributed by atoms with Crippen molar-refractivity contribution in [3.8, 4) is 11.5 Å². The number of piperidine rings is 1. The van der Waals surface area contributed by atoms with Gasteiger partial charge in [0.1, 0.15) is 11.4 Å². The normalized spacial score (nSPS) is 22.9. The number of anilines is 2. The van der Waals surface area contributed by atoms with Crippen LogP contribution in [0.15, 0.2) is 53.5 Å². The highest BCUT2D eigenvalue weighted by molar-refractivity contribution is 6.04. The third-order valence-corrected chi connectivity index (χ3v) is 7.93. The Bertz CT molecular complexity index is 1280. The molecule has 3 heterocycles. The zero-order valence-electron chi connectivity index (χ0n) is 19.9. The van der Waals surface area contributed by atoms with Gasteiger partial charge in [0.15, 0.2) is 5.75 Å². The molecule has 5 nitrogen and oxygen atoms in total. The van der Waals surface area contributed by atoms with Gasteiger partial charge in [-0.3, -0.25) is 4.99 Å². The van der Waals surface area contributed by atoms with Crippen LogP contribution >= 0.6 is 0 Å². The zero-order valence-corrected chi connectivity index (χ0v) is 19.9. The van der Waals surface area contributed by atoms with Gasteiger partial charge >= 0.3 is 0 Å². The highest BCUT2D eigenvalue weighted by Gasteiger charge is 2.58. The van der Waals surface area contributed by atoms with E-state index in [9.17, 15) is 0 Å². The Morgan fingerprint density at radius 3 is 2.52 bits per heavy atom. The van der Waals surface area contributed by atoms with Crippen molar-refractivity contribution < 1.29 is 9.47 Å². The summed E-state index contributed by atoms with van der Waals surface area (Å²) in [5.41, 5.74) is 3.60. The maximum Gasteiger partial charge on any atom is 0.228 e. The Morgan fingerprint density at radius 1 is 0.970 bits per heavy atom. The van der Waals surface area contributed by atoms with Gasteiger partial charge in [0.25, 0.3) is 0 Å². The molecule has 0 radical (unpaired) electrons. The summed E-state index contributed by atoms with van der Waals surface area (Å²) in [7, 11) is 3.82. The van der Waals surface area contributed by atoms with E-state index in [0.717, 1.165) is 41.0 Å². The molecule has 3 aliphatic rings. The first-order valence-corrected chi connectivity index (χ1v) is 11.9. The molecule has 1 atom stereocenters. The molecule has 0 aliphatic carbocycles. The lowest BCUT2D eigenvalue weighted by atomic mass is 9.77. The van der Waals surface area contributed by atoms with Gasteiger partial charge in [-0.15, -0.1) is 0 Å². The molecule has 1 unspecified atom stereocenters. The van der Waals surface area contributed by atoms with E-state index in [1.165, 1.54) is 36.2 Å². The maximum atomic E-state index is 6.91. The van der Waals surface area contributed by atoms with Crippen molar-refractivity contribution in [2.75, 3.05) is 37.0 Å². The van der Waals surface area contributed by atoms with Gasteiger partial charge in [0.2, 0.25) is 5.72 Å². The molecule has 3 aromatic carbocycles. The van der Waals surface area contributed by atoms with Gasteiger partial charge in [0.05, 0.1) is 18.7 Å². The molecule has 3 aliphatic heterocycles. The number of fused-ring (bicyclic) bond motifs is 4. The standard InChI is InChI=1S/C28H31N3O2/c1-27(2)22-10-6-7-11-23(22)30(3)28(27)18-29-26-21-16-19(31-14-8-5-9-15-31)12-13-20(21)24(32-4)17-25(26)33-28/h6-7,10-13,16-18H,5,8-9,14-15H2,1-4H3. The summed E-state index contributed by atoms with van der Waals surface area (Å²) < 4.78 is 12.7. The Balaban J connectivity index is 1.50. The van der Waals surface area contributed by atoms with Crippen LogP contribution in [0.3, 0.4) is 0 Å². The van der Waals surface area contributed by atoms with Gasteiger partial charge < -0.3 is 19.3 Å². The summed E-state index contributed by atoms with van der Waals surface area (Å²) in [6.45, 7) is 6.69. The fraction of sp³-hybridized carbons (Fsp3) is 0.393. The molecule has 1 saturated heterocycles. The molecule has 0 amide bonds. The van der Waals surface area contributed by atoms with Crippen LogP contribution in [0.4, 0.5) is 17.1 Å². The van der Waals surface area contributed by atoms with Crippen molar-refractivity contribution in [3.05, 3.63) is 54.1 Å². The third-order valence-electron chi connectivity index (χ3n) is 7.93. The van der Waals surface area contributed by atoms with Crippen molar-refractivity contribution >= 4 is 34.0 Å². The second kappa shape index (κ2) is 7.14. The van der Waals surface area contributed by atoms with E-state index in [1.54, 1.807) is 7.11 Å². The summed E-state index contributed by atoms with van der Waals surface area (Å²) >= 11 is 0. The Hall–Kier alpha value is -3.21. The predicted molar refractivity (Wildman–Crippen MR) is 136 cm³/mol. The number of likely N-dealkylation sites (N-methyl/N-ethyl adjacent to an activating group) is 1. The molecule has 6 rings (SSSR count). The summed E-state index contributed by atoms with van der Waals surface area (Å²) in [5, 5.41) is 2.14. The van der Waals surface area contributed by atoms with E-state index in [4.69, 9.17) is 14.5 Å². The molecule has 0 N–H and O–H groups in total. The molecule has 3 aromatic rings. The van der Waals surface area contributed by atoms with Crippen LogP contribution in [0.1, 0.15) is 38.7 Å². The Kier molecular flexibility index (Phi) is 4.42. The van der Waals surface area contributed by atoms with E-state index in [-0.39, 0.29) is 5.41 Å². The van der Waals surface area contributed by atoms with Crippen molar-refractivity contribution in [2.24, 2.45) is 4.99 Å². The van der Waals surface area contributed by atoms with Gasteiger partial charge in [-0.2, -0.15) is 0 Å². The van der Waals surface area contributed by atoms with E-state index in [2.05, 4.69) is 73.2 Å². The average Bonchev–Trinajstić information content (AvgIpc) is 3.02. The van der Waals surface area contributed by atoms with Crippen molar-refractivity contribution in [1.29, 1.82) is 0 Å². The largest absolute Gasteiger partial charge is 0.496 e. The number of para-hydroxylation sites is 1. The first kappa shape index (κ1) is 20.4. The number of hydrogen-bond donors (Lipinski definition) is 0. The first-order valence-electron chi connectivity index (χ1n) is 11.9. The minimum Gasteiger partial charge on any atom is -0.496 e. The van der Waals surface area contributed by atoms with Crippen LogP contribution in [-0.2, 0) is 5.41 Å². The lowest BCUT2D eigenvalue weighted by Crippen LogP contribution is -2.61. The number of rotatable bonds is 2. The molecule has 170 valence electrons. The first-order chi connectivity index (χ1) is 16.0. The van der Waals surface area contributed by atoms with Crippen LogP contribution in [0.25, 0.3) is 10.8 Å². The Morgan fingerprint density at radius 2 is 1.76 bits per heavy atom. The zero-order chi connectivity index (χ0) is 22.8. The van der Waals surface area contributed by atoms with Crippen LogP contribution < -0.4 is 19.3 Å². The van der Waals surface area contributed by atoms with Gasteiger partial charge in [-0.25, -0.2) is 0 Å². The van der Waals surface area contributed by atoms with Crippen LogP contribution in [0, 0.1) is 0 Å². The second-order valence-corrected chi connectivity index (χ2v) is 9.96. The summed E-state index contributed by atoms with van der Waals surface area (Å²) in [4.78, 5) is 9.78. The molecule has 1 spiro atoms. The maximum absolute atomic E-state index is 6.91. The number of aliphatic imine (C=N–C) groups is 1. The number of benzene rings is 3. The van der Waals surface area contributed by atoms with E-state index in [0.29, 0.717) is 0 Å². The Labute approximate surface area is 195 Å². The van der Waals surface area contributed by atoms with Gasteiger partial charge in [-0.1, -0.05) is 18.2 Å². The SMILES string of the molecule is COc1cc2c(c3cc(N4CCCCC4)ccc13)N=CC1(O2)N(C)c2ccccc2C1(C)C. The van der Waals surface area contributed by atoms with Gasteiger partial charge in [-0.05, 0) is 62.9 Å². The fourth-order valence-electron chi connectivity index (χ4n) is 5.95. The molecule has 0 saturated carbocycles. The second-order valence-electron chi connectivity index (χ2n) is 9.96. The van der Waals surface area contributed by atoms with E-state index in [1.807, 2.05) is 12.3 Å². The lowest BCUT2D eigenvalue weighted by molar-refractivity contribution is 0.0824. The monoisotopic (exact) mass is 441 g/mol. The number of nitrogens with zero attached hydrogens (tertiary/aromatic N) is 3. The van der Waals surface area contributed by atoms with E-state index >= 15 is 0 Å². The smallest absolute Gasteiger partial charge is 0.228 e. The molecule has 1 fully saturated rings. The third kappa shape index (κ3) is 2.74. The van der Waals surface area contributed by atoms with Crippen LogP contribution in [-0.4, -0.2) is 39.2 Å². The van der Waals surface area contributed by atoms with Crippen molar-refractivity contribution in [3.63, 3.8) is 0 Å². The topological polar surface area (TPSA) is 37.3 Å². The molecular formula is C28H31N3O2. The van der Waals surface area contributed by atoms with E-state index < -0.39 is 5.72 Å². The lowest BCUT2D eigenvalue weighted by Gasteiger charge is -2.45. The molecule has 5 heteroatoms. The minimum atomic E-state index is -0.702.